The molecule has 0 atom stereocenters. The third-order valence-corrected chi connectivity index (χ3v) is 5.78. The van der Waals surface area contributed by atoms with Crippen LogP contribution in [-0.4, -0.2) is 22.8 Å². The molecule has 2 aromatic carbocycles. The zero-order valence-electron chi connectivity index (χ0n) is 14.1. The normalized spacial score (nSPS) is 13.7. The van der Waals surface area contributed by atoms with Gasteiger partial charge in [-0.25, -0.2) is 4.39 Å². The average Bonchev–Trinajstić information content (AvgIpc) is 3.28. The van der Waals surface area contributed by atoms with Gasteiger partial charge in [0.05, 0.1) is 11.1 Å². The molecule has 0 spiro atoms. The van der Waals surface area contributed by atoms with Crippen LogP contribution in [-0.2, 0) is 10.0 Å². The molecule has 0 N–H and O–H groups in total. The van der Waals surface area contributed by atoms with Crippen LogP contribution in [0.3, 0.4) is 0 Å². The number of aromatic nitrogens is 3. The molecule has 0 saturated heterocycles. The third-order valence-electron chi connectivity index (χ3n) is 4.24. The first-order valence-electron chi connectivity index (χ1n) is 8.18. The minimum absolute atomic E-state index is 0.105. The van der Waals surface area contributed by atoms with E-state index >= 15 is 0 Å². The van der Waals surface area contributed by atoms with Gasteiger partial charge in [0.1, 0.15) is 11.5 Å². The molecule has 26 heavy (non-hydrogen) atoms. The molecule has 1 saturated carbocycles. The molecule has 1 fully saturated rings. The SMILES string of the molecule is Cc1ccc(S(=O)(=O)n2cc(-c3c(F)cccc3C=C3CC3)nn2)cc1. The number of halogens is 1. The lowest BCUT2D eigenvalue weighted by Crippen LogP contribution is -2.13. The number of benzene rings is 2. The van der Waals surface area contributed by atoms with Gasteiger partial charge < -0.3 is 0 Å². The molecule has 0 radical (unpaired) electrons. The van der Waals surface area contributed by atoms with E-state index < -0.39 is 15.8 Å². The van der Waals surface area contributed by atoms with Crippen LogP contribution in [0.1, 0.15) is 24.0 Å². The standard InChI is InChI=1S/C19H16FN3O2S/c1-13-5-9-16(10-6-13)26(24,25)23-12-18(21-22-23)19-15(11-14-7-8-14)3-2-4-17(19)20/h2-6,9-12H,7-8H2,1H3. The van der Waals surface area contributed by atoms with E-state index in [9.17, 15) is 12.8 Å². The molecule has 0 aliphatic heterocycles. The van der Waals surface area contributed by atoms with Crippen LogP contribution in [0, 0.1) is 12.7 Å². The van der Waals surface area contributed by atoms with Crippen LogP contribution < -0.4 is 0 Å². The Kier molecular flexibility index (Phi) is 3.96. The zero-order chi connectivity index (χ0) is 18.3. The monoisotopic (exact) mass is 369 g/mol. The molecule has 0 unspecified atom stereocenters. The number of rotatable bonds is 4. The molecule has 132 valence electrons. The molecule has 0 bridgehead atoms. The number of hydrogen-bond acceptors (Lipinski definition) is 4. The van der Waals surface area contributed by atoms with Crippen molar-refractivity contribution in [2.45, 2.75) is 24.7 Å². The van der Waals surface area contributed by atoms with Gasteiger partial charge in [0.15, 0.2) is 0 Å². The molecule has 3 aromatic rings. The molecule has 4 rings (SSSR count). The van der Waals surface area contributed by atoms with E-state index in [2.05, 4.69) is 10.3 Å². The van der Waals surface area contributed by atoms with Crippen LogP contribution in [0.15, 0.2) is 59.1 Å². The van der Waals surface area contributed by atoms with E-state index in [0.717, 1.165) is 22.5 Å². The van der Waals surface area contributed by atoms with Crippen LogP contribution >= 0.6 is 0 Å². The zero-order valence-corrected chi connectivity index (χ0v) is 14.9. The van der Waals surface area contributed by atoms with Gasteiger partial charge in [0.25, 0.3) is 10.0 Å². The molecule has 1 aliphatic carbocycles. The Morgan fingerprint density at radius 3 is 2.54 bits per heavy atom. The second kappa shape index (κ2) is 6.17. The highest BCUT2D eigenvalue weighted by Gasteiger charge is 2.22. The summed E-state index contributed by atoms with van der Waals surface area (Å²) in [5.74, 6) is -0.459. The number of aryl methyl sites for hydroxylation is 1. The summed E-state index contributed by atoms with van der Waals surface area (Å²) in [4.78, 5) is 0.105. The third kappa shape index (κ3) is 3.06. The van der Waals surface area contributed by atoms with Crippen molar-refractivity contribution in [2.75, 3.05) is 0 Å². The highest BCUT2D eigenvalue weighted by atomic mass is 32.2. The Morgan fingerprint density at radius 1 is 1.12 bits per heavy atom. The van der Waals surface area contributed by atoms with Crippen molar-refractivity contribution in [2.24, 2.45) is 0 Å². The average molecular weight is 369 g/mol. The van der Waals surface area contributed by atoms with E-state index in [1.165, 1.54) is 30.0 Å². The maximum absolute atomic E-state index is 14.4. The molecular formula is C19H16FN3O2S. The Morgan fingerprint density at radius 2 is 1.85 bits per heavy atom. The predicted molar refractivity (Wildman–Crippen MR) is 96.4 cm³/mol. The molecule has 0 amide bonds. The number of nitrogens with zero attached hydrogens (tertiary/aromatic N) is 3. The molecule has 5 nitrogen and oxygen atoms in total. The smallest absolute Gasteiger partial charge is 0.206 e. The fraction of sp³-hybridized carbons (Fsp3) is 0.158. The maximum atomic E-state index is 14.4. The van der Waals surface area contributed by atoms with Crippen molar-refractivity contribution in [3.63, 3.8) is 0 Å². The summed E-state index contributed by atoms with van der Waals surface area (Å²) in [6.45, 7) is 1.87. The van der Waals surface area contributed by atoms with Crippen molar-refractivity contribution in [3.05, 3.63) is 71.2 Å². The van der Waals surface area contributed by atoms with Gasteiger partial charge in [-0.05, 0) is 43.5 Å². The second-order valence-electron chi connectivity index (χ2n) is 6.30. The van der Waals surface area contributed by atoms with Crippen LogP contribution in [0.25, 0.3) is 17.3 Å². The lowest BCUT2D eigenvalue weighted by atomic mass is 10.0. The van der Waals surface area contributed by atoms with E-state index in [1.807, 2.05) is 13.0 Å². The second-order valence-corrected chi connectivity index (χ2v) is 8.10. The summed E-state index contributed by atoms with van der Waals surface area (Å²) in [5.41, 5.74) is 3.31. The Balaban J connectivity index is 1.78. The first kappa shape index (κ1) is 16.7. The topological polar surface area (TPSA) is 64.8 Å². The van der Waals surface area contributed by atoms with Crippen LogP contribution in [0.4, 0.5) is 4.39 Å². The first-order chi connectivity index (χ1) is 12.4. The molecule has 1 aliphatic rings. The van der Waals surface area contributed by atoms with Gasteiger partial charge in [0.2, 0.25) is 0 Å². The highest BCUT2D eigenvalue weighted by Crippen LogP contribution is 2.34. The maximum Gasteiger partial charge on any atom is 0.284 e. The van der Waals surface area contributed by atoms with Gasteiger partial charge in [0, 0.05) is 5.56 Å². The van der Waals surface area contributed by atoms with E-state index in [-0.39, 0.29) is 16.2 Å². The van der Waals surface area contributed by atoms with E-state index in [4.69, 9.17) is 0 Å². The number of allylic oxidation sites excluding steroid dienone is 1. The molecule has 1 heterocycles. The fourth-order valence-corrected chi connectivity index (χ4v) is 3.73. The van der Waals surface area contributed by atoms with E-state index in [1.54, 1.807) is 24.3 Å². The van der Waals surface area contributed by atoms with Gasteiger partial charge in [-0.15, -0.1) is 9.19 Å². The first-order valence-corrected chi connectivity index (χ1v) is 9.62. The Bertz CT molecular complexity index is 1110. The quantitative estimate of drug-likeness (QED) is 0.701. The minimum Gasteiger partial charge on any atom is -0.206 e. The van der Waals surface area contributed by atoms with Crippen molar-refractivity contribution >= 4 is 16.1 Å². The Labute approximate surface area is 150 Å². The summed E-state index contributed by atoms with van der Waals surface area (Å²) in [7, 11) is -3.87. The fourth-order valence-electron chi connectivity index (χ4n) is 2.67. The Hall–Kier alpha value is -2.80. The largest absolute Gasteiger partial charge is 0.284 e. The van der Waals surface area contributed by atoms with Crippen molar-refractivity contribution in [1.82, 2.24) is 14.4 Å². The highest BCUT2D eigenvalue weighted by molar-refractivity contribution is 7.89. The van der Waals surface area contributed by atoms with Crippen LogP contribution in [0.5, 0.6) is 0 Å². The number of hydrogen-bond donors (Lipinski definition) is 0. The summed E-state index contributed by atoms with van der Waals surface area (Å²) < 4.78 is 40.6. The van der Waals surface area contributed by atoms with Gasteiger partial charge in [-0.1, -0.05) is 46.7 Å². The molecule has 7 heteroatoms. The van der Waals surface area contributed by atoms with E-state index in [0.29, 0.717) is 5.56 Å². The summed E-state index contributed by atoms with van der Waals surface area (Å²) in [6, 6.07) is 11.2. The van der Waals surface area contributed by atoms with Crippen molar-refractivity contribution in [1.29, 1.82) is 0 Å². The molecule has 1 aromatic heterocycles. The molecular weight excluding hydrogens is 353 g/mol. The summed E-state index contributed by atoms with van der Waals surface area (Å²) >= 11 is 0. The summed E-state index contributed by atoms with van der Waals surface area (Å²) in [6.07, 6.45) is 5.18. The van der Waals surface area contributed by atoms with Crippen LogP contribution in [0.2, 0.25) is 0 Å². The predicted octanol–water partition coefficient (Wildman–Crippen LogP) is 3.81. The minimum atomic E-state index is -3.87. The van der Waals surface area contributed by atoms with Gasteiger partial charge in [-0.3, -0.25) is 0 Å². The summed E-state index contributed by atoms with van der Waals surface area (Å²) in [5, 5.41) is 7.64. The lowest BCUT2D eigenvalue weighted by Gasteiger charge is -2.05. The van der Waals surface area contributed by atoms with Gasteiger partial charge in [-0.2, -0.15) is 8.42 Å². The van der Waals surface area contributed by atoms with Gasteiger partial charge >= 0.3 is 0 Å². The lowest BCUT2D eigenvalue weighted by molar-refractivity contribution is 0.577. The van der Waals surface area contributed by atoms with Crippen molar-refractivity contribution < 1.29 is 12.8 Å². The van der Waals surface area contributed by atoms with Crippen molar-refractivity contribution in [3.8, 4) is 11.3 Å².